The Morgan fingerprint density at radius 3 is 2.69 bits per heavy atom. The topological polar surface area (TPSA) is 49.6 Å². The molecule has 26 heavy (non-hydrogen) atoms. The van der Waals surface area contributed by atoms with Crippen molar-refractivity contribution in [2.45, 2.75) is 13.5 Å². The van der Waals surface area contributed by atoms with Gasteiger partial charge in [-0.15, -0.1) is 11.3 Å². The van der Waals surface area contributed by atoms with Gasteiger partial charge in [0.15, 0.2) is 5.76 Å². The van der Waals surface area contributed by atoms with Gasteiger partial charge in [0.2, 0.25) is 0 Å². The molecule has 0 spiro atoms. The van der Waals surface area contributed by atoms with Crippen LogP contribution in [-0.2, 0) is 6.54 Å². The van der Waals surface area contributed by atoms with Crippen molar-refractivity contribution in [3.8, 4) is 11.5 Å². The standard InChI is InChI=1S/C20H21N3O2S/c1-15-5-2-3-6-16(15)20(24)23-10-8-22(9-11-23)13-19-21-17(14-26-19)18-7-4-12-25-18/h2-7,12,14H,8-11,13H2,1H3. The van der Waals surface area contributed by atoms with Gasteiger partial charge in [-0.1, -0.05) is 18.2 Å². The lowest BCUT2D eigenvalue weighted by Gasteiger charge is -2.34. The summed E-state index contributed by atoms with van der Waals surface area (Å²) in [7, 11) is 0. The van der Waals surface area contributed by atoms with Crippen molar-refractivity contribution in [1.82, 2.24) is 14.8 Å². The summed E-state index contributed by atoms with van der Waals surface area (Å²) in [5.41, 5.74) is 2.74. The highest BCUT2D eigenvalue weighted by molar-refractivity contribution is 7.09. The number of furan rings is 1. The van der Waals surface area contributed by atoms with Gasteiger partial charge in [0.05, 0.1) is 12.8 Å². The van der Waals surface area contributed by atoms with E-state index < -0.39 is 0 Å². The number of aromatic nitrogens is 1. The number of piperazine rings is 1. The lowest BCUT2D eigenvalue weighted by molar-refractivity contribution is 0.0627. The normalized spacial score (nSPS) is 15.3. The van der Waals surface area contributed by atoms with E-state index >= 15 is 0 Å². The summed E-state index contributed by atoms with van der Waals surface area (Å²) in [6.07, 6.45) is 1.67. The molecular weight excluding hydrogens is 346 g/mol. The van der Waals surface area contributed by atoms with Crippen LogP contribution in [-0.4, -0.2) is 46.9 Å². The molecule has 4 rings (SSSR count). The molecule has 1 amide bonds. The number of thiazole rings is 1. The molecule has 1 aliphatic heterocycles. The zero-order chi connectivity index (χ0) is 17.9. The molecule has 1 fully saturated rings. The van der Waals surface area contributed by atoms with E-state index in [-0.39, 0.29) is 5.91 Å². The Morgan fingerprint density at radius 1 is 1.15 bits per heavy atom. The summed E-state index contributed by atoms with van der Waals surface area (Å²) < 4.78 is 5.40. The fraction of sp³-hybridized carbons (Fsp3) is 0.300. The molecule has 6 heteroatoms. The number of rotatable bonds is 4. The lowest BCUT2D eigenvalue weighted by Crippen LogP contribution is -2.48. The first-order valence-corrected chi connectivity index (χ1v) is 9.64. The van der Waals surface area contributed by atoms with E-state index in [2.05, 4.69) is 9.88 Å². The highest BCUT2D eigenvalue weighted by Gasteiger charge is 2.23. The van der Waals surface area contributed by atoms with Gasteiger partial charge >= 0.3 is 0 Å². The van der Waals surface area contributed by atoms with E-state index in [1.807, 2.05) is 53.6 Å². The molecular formula is C20H21N3O2S. The number of hydrogen-bond acceptors (Lipinski definition) is 5. The van der Waals surface area contributed by atoms with Crippen LogP contribution >= 0.6 is 11.3 Å². The molecule has 5 nitrogen and oxygen atoms in total. The van der Waals surface area contributed by atoms with Crippen LogP contribution < -0.4 is 0 Å². The number of hydrogen-bond donors (Lipinski definition) is 0. The number of carbonyl (C=O) groups is 1. The molecule has 0 bridgehead atoms. The molecule has 0 atom stereocenters. The molecule has 0 saturated carbocycles. The third-order valence-electron chi connectivity index (χ3n) is 4.72. The van der Waals surface area contributed by atoms with Crippen LogP contribution in [0.5, 0.6) is 0 Å². The van der Waals surface area contributed by atoms with Gasteiger partial charge in [0.25, 0.3) is 5.91 Å². The zero-order valence-electron chi connectivity index (χ0n) is 14.7. The van der Waals surface area contributed by atoms with Gasteiger partial charge in [-0.3, -0.25) is 9.69 Å². The molecule has 1 saturated heterocycles. The van der Waals surface area contributed by atoms with E-state index in [0.717, 1.165) is 60.3 Å². The SMILES string of the molecule is Cc1ccccc1C(=O)N1CCN(Cc2nc(-c3ccco3)cs2)CC1. The minimum atomic E-state index is 0.136. The minimum Gasteiger partial charge on any atom is -0.463 e. The van der Waals surface area contributed by atoms with Gasteiger partial charge in [0, 0.05) is 37.1 Å². The van der Waals surface area contributed by atoms with E-state index in [1.54, 1.807) is 17.6 Å². The number of nitrogens with zero attached hydrogens (tertiary/aromatic N) is 3. The average Bonchev–Trinajstić information content (AvgIpc) is 3.34. The third kappa shape index (κ3) is 3.57. The van der Waals surface area contributed by atoms with Gasteiger partial charge in [-0.25, -0.2) is 4.98 Å². The summed E-state index contributed by atoms with van der Waals surface area (Å²) in [6, 6.07) is 11.6. The van der Waals surface area contributed by atoms with Crippen molar-refractivity contribution >= 4 is 17.2 Å². The average molecular weight is 367 g/mol. The molecule has 0 aliphatic carbocycles. The summed E-state index contributed by atoms with van der Waals surface area (Å²) in [5, 5.41) is 3.11. The maximum atomic E-state index is 12.7. The summed E-state index contributed by atoms with van der Waals surface area (Å²) in [6.45, 7) is 6.05. The fourth-order valence-electron chi connectivity index (χ4n) is 3.20. The van der Waals surface area contributed by atoms with Crippen molar-refractivity contribution in [2.24, 2.45) is 0 Å². The number of aryl methyl sites for hydroxylation is 1. The minimum absolute atomic E-state index is 0.136. The molecule has 1 aromatic carbocycles. The van der Waals surface area contributed by atoms with Gasteiger partial charge in [-0.2, -0.15) is 0 Å². The quantitative estimate of drug-likeness (QED) is 0.706. The third-order valence-corrected chi connectivity index (χ3v) is 5.55. The van der Waals surface area contributed by atoms with Crippen molar-refractivity contribution in [1.29, 1.82) is 0 Å². The van der Waals surface area contributed by atoms with Crippen LogP contribution in [0.25, 0.3) is 11.5 Å². The van der Waals surface area contributed by atoms with Gasteiger partial charge < -0.3 is 9.32 Å². The van der Waals surface area contributed by atoms with Gasteiger partial charge in [-0.05, 0) is 30.7 Å². The zero-order valence-corrected chi connectivity index (χ0v) is 15.5. The Labute approximate surface area is 156 Å². The van der Waals surface area contributed by atoms with Crippen LogP contribution in [0.1, 0.15) is 20.9 Å². The number of carbonyl (C=O) groups excluding carboxylic acids is 1. The lowest BCUT2D eigenvalue weighted by atomic mass is 10.1. The molecule has 0 radical (unpaired) electrons. The maximum absolute atomic E-state index is 12.7. The number of benzene rings is 1. The first kappa shape index (κ1) is 17.0. The second kappa shape index (κ2) is 7.43. The van der Waals surface area contributed by atoms with E-state index in [0.29, 0.717) is 0 Å². The fourth-order valence-corrected chi connectivity index (χ4v) is 4.03. The van der Waals surface area contributed by atoms with Crippen LogP contribution in [0.4, 0.5) is 0 Å². The first-order chi connectivity index (χ1) is 12.7. The molecule has 3 heterocycles. The summed E-state index contributed by atoms with van der Waals surface area (Å²) >= 11 is 1.65. The largest absolute Gasteiger partial charge is 0.463 e. The van der Waals surface area contributed by atoms with Crippen LogP contribution in [0.15, 0.2) is 52.5 Å². The molecule has 2 aromatic heterocycles. The van der Waals surface area contributed by atoms with E-state index in [4.69, 9.17) is 4.42 Å². The van der Waals surface area contributed by atoms with Crippen LogP contribution in [0, 0.1) is 6.92 Å². The monoisotopic (exact) mass is 367 g/mol. The smallest absolute Gasteiger partial charge is 0.254 e. The predicted octanol–water partition coefficient (Wildman–Crippen LogP) is 3.67. The number of amides is 1. The Morgan fingerprint density at radius 2 is 1.96 bits per heavy atom. The van der Waals surface area contributed by atoms with Crippen LogP contribution in [0.2, 0.25) is 0 Å². The van der Waals surface area contributed by atoms with E-state index in [9.17, 15) is 4.79 Å². The maximum Gasteiger partial charge on any atom is 0.254 e. The Hall–Kier alpha value is -2.44. The van der Waals surface area contributed by atoms with Gasteiger partial charge in [0.1, 0.15) is 10.7 Å². The summed E-state index contributed by atoms with van der Waals surface area (Å²) in [5.74, 6) is 0.943. The molecule has 0 unspecified atom stereocenters. The molecule has 0 N–H and O–H groups in total. The molecule has 3 aromatic rings. The predicted molar refractivity (Wildman–Crippen MR) is 102 cm³/mol. The first-order valence-electron chi connectivity index (χ1n) is 8.76. The van der Waals surface area contributed by atoms with Crippen molar-refractivity contribution in [2.75, 3.05) is 26.2 Å². The second-order valence-electron chi connectivity index (χ2n) is 6.49. The highest BCUT2D eigenvalue weighted by Crippen LogP contribution is 2.23. The molecule has 1 aliphatic rings. The van der Waals surface area contributed by atoms with Crippen molar-refractivity contribution < 1.29 is 9.21 Å². The Kier molecular flexibility index (Phi) is 4.86. The Bertz CT molecular complexity index is 880. The van der Waals surface area contributed by atoms with E-state index in [1.165, 1.54) is 0 Å². The van der Waals surface area contributed by atoms with Crippen molar-refractivity contribution in [3.05, 3.63) is 64.2 Å². The second-order valence-corrected chi connectivity index (χ2v) is 7.43. The Balaban J connectivity index is 1.34. The summed E-state index contributed by atoms with van der Waals surface area (Å²) in [4.78, 5) is 21.7. The highest BCUT2D eigenvalue weighted by atomic mass is 32.1. The molecule has 134 valence electrons. The van der Waals surface area contributed by atoms with Crippen LogP contribution in [0.3, 0.4) is 0 Å². The van der Waals surface area contributed by atoms with Crippen molar-refractivity contribution in [3.63, 3.8) is 0 Å².